The Kier molecular flexibility index (Phi) is 17.5. The first-order valence-corrected chi connectivity index (χ1v) is 20.2. The van der Waals surface area contributed by atoms with Crippen molar-refractivity contribution in [2.24, 2.45) is 29.6 Å². The molecule has 0 bridgehead atoms. The largest absolute Gasteiger partial charge is 0.300 e. The average Bonchev–Trinajstić information content (AvgIpc) is 3.12. The lowest BCUT2D eigenvalue weighted by atomic mass is 9.73. The van der Waals surface area contributed by atoms with Crippen molar-refractivity contribution in [1.82, 2.24) is 0 Å². The number of aryl methyl sites for hydroxylation is 2. The molecule has 0 aromatic heterocycles. The molecule has 264 valence electrons. The minimum absolute atomic E-state index is 0.121. The number of nitrogens with zero attached hydrogens (tertiary/aromatic N) is 1. The zero-order chi connectivity index (χ0) is 34.0. The molecule has 48 heavy (non-hydrogen) atoms. The first-order valence-electron chi connectivity index (χ1n) is 19.7. The molecular weight excluding hydrogens is 613 g/mol. The number of hydrogen-bond acceptors (Lipinski definition) is 2. The lowest BCUT2D eigenvalue weighted by Gasteiger charge is -2.31. The van der Waals surface area contributed by atoms with E-state index in [9.17, 15) is 14.4 Å². The van der Waals surface area contributed by atoms with Gasteiger partial charge in [-0.05, 0) is 110 Å². The monoisotopic (exact) mass is 675 g/mol. The molecule has 2 saturated carbocycles. The summed E-state index contributed by atoms with van der Waals surface area (Å²) in [4.78, 5) is 12.7. The predicted octanol–water partition coefficient (Wildman–Crippen LogP) is 12.4. The second kappa shape index (κ2) is 21.8. The summed E-state index contributed by atoms with van der Waals surface area (Å²) < 4.78 is 12.4. The molecule has 2 unspecified atom stereocenters. The van der Waals surface area contributed by atoms with E-state index in [0.29, 0.717) is 36.9 Å². The molecule has 2 aliphatic carbocycles. The van der Waals surface area contributed by atoms with Gasteiger partial charge in [0.25, 0.3) is 0 Å². The number of hydrogen-bond donors (Lipinski definition) is 0. The third-order valence-electron chi connectivity index (χ3n) is 11.8. The van der Waals surface area contributed by atoms with Crippen molar-refractivity contribution in [2.75, 3.05) is 6.67 Å². The zero-order valence-corrected chi connectivity index (χ0v) is 30.7. The summed E-state index contributed by atoms with van der Waals surface area (Å²) in [5.41, 5.74) is 4.98. The van der Waals surface area contributed by atoms with Gasteiger partial charge in [0, 0.05) is 18.2 Å². The number of benzene rings is 2. The van der Waals surface area contributed by atoms with Crippen molar-refractivity contribution in [3.05, 3.63) is 70.8 Å². The standard InChI is InChI=1S/C44H63ClFNO/c1-2-3-4-8-34-20-25-40(26-21-34)42(33-47)31-38-16-14-37(15-17-38)24-29-43(48)11-6-5-9-35-22-27-41(28-23-35)44(45)32-39-18-12-36(13-19-39)10-7-30-46/h12-19,34-35,40-42,44H,2-11,20-32H2,1H3. The highest BCUT2D eigenvalue weighted by Gasteiger charge is 2.28. The van der Waals surface area contributed by atoms with Crippen LogP contribution < -0.4 is 0 Å². The van der Waals surface area contributed by atoms with E-state index in [1.54, 1.807) is 0 Å². The number of carbonyl (C=O) groups excluding carboxylic acids is 1. The van der Waals surface area contributed by atoms with Crippen LogP contribution in [0.15, 0.2) is 48.5 Å². The number of nitriles is 1. The fourth-order valence-corrected chi connectivity index (χ4v) is 8.91. The van der Waals surface area contributed by atoms with Gasteiger partial charge in [0.05, 0.1) is 18.7 Å². The molecule has 2 aromatic carbocycles. The van der Waals surface area contributed by atoms with E-state index in [2.05, 4.69) is 61.5 Å². The highest BCUT2D eigenvalue weighted by molar-refractivity contribution is 6.20. The van der Waals surface area contributed by atoms with E-state index in [4.69, 9.17) is 11.6 Å². The van der Waals surface area contributed by atoms with E-state index in [0.717, 1.165) is 50.4 Å². The normalized spacial score (nSPS) is 22.5. The van der Waals surface area contributed by atoms with Gasteiger partial charge in [-0.3, -0.25) is 9.18 Å². The van der Waals surface area contributed by atoms with Crippen LogP contribution in [-0.2, 0) is 30.5 Å². The van der Waals surface area contributed by atoms with Crippen LogP contribution in [0.5, 0.6) is 0 Å². The Balaban J connectivity index is 1.05. The van der Waals surface area contributed by atoms with Gasteiger partial charge in [0.2, 0.25) is 0 Å². The van der Waals surface area contributed by atoms with Gasteiger partial charge in [0.15, 0.2) is 0 Å². The number of carbonyl (C=O) groups is 1. The summed E-state index contributed by atoms with van der Waals surface area (Å²) in [5, 5.41) is 10.1. The first kappa shape index (κ1) is 38.6. The van der Waals surface area contributed by atoms with Gasteiger partial charge in [-0.2, -0.15) is 5.26 Å². The van der Waals surface area contributed by atoms with E-state index < -0.39 is 0 Å². The van der Waals surface area contributed by atoms with Crippen LogP contribution in [0.25, 0.3) is 0 Å². The lowest BCUT2D eigenvalue weighted by molar-refractivity contribution is -0.119. The van der Waals surface area contributed by atoms with Crippen molar-refractivity contribution >= 4 is 17.4 Å². The molecule has 0 spiro atoms. The average molecular weight is 676 g/mol. The Morgan fingerprint density at radius 2 is 1.23 bits per heavy atom. The Morgan fingerprint density at radius 3 is 1.79 bits per heavy atom. The number of unbranched alkanes of at least 4 members (excludes halogenated alkanes) is 3. The quantitative estimate of drug-likeness (QED) is 0.0976. The first-order chi connectivity index (χ1) is 23.5. The van der Waals surface area contributed by atoms with E-state index >= 15 is 0 Å². The molecule has 2 aromatic rings. The molecule has 2 atom stereocenters. The summed E-state index contributed by atoms with van der Waals surface area (Å²) >= 11 is 6.88. The van der Waals surface area contributed by atoms with Crippen molar-refractivity contribution in [2.45, 2.75) is 154 Å². The van der Waals surface area contributed by atoms with Gasteiger partial charge in [0.1, 0.15) is 5.78 Å². The smallest absolute Gasteiger partial charge is 0.133 e. The van der Waals surface area contributed by atoms with Crippen LogP contribution in [0, 0.1) is 40.9 Å². The number of ketones is 1. The predicted molar refractivity (Wildman–Crippen MR) is 200 cm³/mol. The Labute approximate surface area is 297 Å². The van der Waals surface area contributed by atoms with Crippen molar-refractivity contribution in [3.63, 3.8) is 0 Å². The molecule has 0 radical (unpaired) electrons. The molecule has 0 N–H and O–H groups in total. The summed E-state index contributed by atoms with van der Waals surface area (Å²) in [6, 6.07) is 20.0. The number of rotatable bonds is 21. The summed E-state index contributed by atoms with van der Waals surface area (Å²) in [6.07, 6.45) is 24.1. The fraction of sp³-hybridized carbons (Fsp3) is 0.682. The third-order valence-corrected chi connectivity index (χ3v) is 12.3. The van der Waals surface area contributed by atoms with Gasteiger partial charge in [-0.25, -0.2) is 0 Å². The number of halogens is 2. The van der Waals surface area contributed by atoms with Gasteiger partial charge < -0.3 is 0 Å². The SMILES string of the molecule is CCCCCC1CCC(C(C#N)Cc2ccc(CCC(=O)CCCCC3CCC(C(Cl)Cc4ccc(CCCF)cc4)CC3)cc2)CC1. The Morgan fingerprint density at radius 1 is 0.708 bits per heavy atom. The molecule has 4 heteroatoms. The van der Waals surface area contributed by atoms with E-state index in [-0.39, 0.29) is 18.0 Å². The second-order valence-corrected chi connectivity index (χ2v) is 16.0. The maximum atomic E-state index is 12.7. The molecule has 0 heterocycles. The van der Waals surface area contributed by atoms with Crippen LogP contribution in [0.4, 0.5) is 4.39 Å². The Bertz CT molecular complexity index is 1200. The van der Waals surface area contributed by atoms with E-state index in [1.165, 1.54) is 106 Å². The van der Waals surface area contributed by atoms with Crippen LogP contribution in [-0.4, -0.2) is 17.8 Å². The van der Waals surface area contributed by atoms with Crippen LogP contribution in [0.3, 0.4) is 0 Å². The molecular formula is C44H63ClFNO. The lowest BCUT2D eigenvalue weighted by Crippen LogP contribution is -2.23. The van der Waals surface area contributed by atoms with Crippen molar-refractivity contribution in [3.8, 4) is 6.07 Å². The number of Topliss-reactive ketones (excluding diaryl/α,β-unsaturated/α-hetero) is 1. The van der Waals surface area contributed by atoms with Gasteiger partial charge in [-0.15, -0.1) is 11.6 Å². The highest BCUT2D eigenvalue weighted by Crippen LogP contribution is 2.38. The highest BCUT2D eigenvalue weighted by atomic mass is 35.5. The summed E-state index contributed by atoms with van der Waals surface area (Å²) in [6.45, 7) is 2.02. The maximum Gasteiger partial charge on any atom is 0.133 e. The van der Waals surface area contributed by atoms with E-state index in [1.807, 2.05) is 0 Å². The Hall–Kier alpha value is -2.18. The fourth-order valence-electron chi connectivity index (χ4n) is 8.48. The third kappa shape index (κ3) is 13.6. The summed E-state index contributed by atoms with van der Waals surface area (Å²) in [7, 11) is 0. The molecule has 0 amide bonds. The minimum Gasteiger partial charge on any atom is -0.300 e. The molecule has 2 fully saturated rings. The van der Waals surface area contributed by atoms with Gasteiger partial charge in [-0.1, -0.05) is 120 Å². The van der Waals surface area contributed by atoms with Crippen LogP contribution in [0.2, 0.25) is 0 Å². The molecule has 2 aliphatic rings. The zero-order valence-electron chi connectivity index (χ0n) is 30.0. The number of alkyl halides is 2. The van der Waals surface area contributed by atoms with Crippen molar-refractivity contribution in [1.29, 1.82) is 5.26 Å². The second-order valence-electron chi connectivity index (χ2n) is 15.4. The maximum absolute atomic E-state index is 12.7. The molecule has 0 aliphatic heterocycles. The minimum atomic E-state index is -0.255. The molecule has 0 saturated heterocycles. The van der Waals surface area contributed by atoms with Crippen LogP contribution >= 0.6 is 11.6 Å². The topological polar surface area (TPSA) is 40.9 Å². The van der Waals surface area contributed by atoms with Crippen molar-refractivity contribution < 1.29 is 9.18 Å². The molecule has 4 rings (SSSR count). The molecule has 2 nitrogen and oxygen atoms in total. The van der Waals surface area contributed by atoms with Gasteiger partial charge >= 0.3 is 0 Å². The van der Waals surface area contributed by atoms with Crippen LogP contribution in [0.1, 0.15) is 145 Å². The summed E-state index contributed by atoms with van der Waals surface area (Å²) in [5.74, 6) is 3.30.